The molecule has 0 spiro atoms. The van der Waals surface area contributed by atoms with Gasteiger partial charge in [0.1, 0.15) is 6.33 Å². The predicted octanol–water partition coefficient (Wildman–Crippen LogP) is -0.315. The number of rotatable bonds is 6. The third kappa shape index (κ3) is 4.97. The fourth-order valence-electron chi connectivity index (χ4n) is 2.19. The van der Waals surface area contributed by atoms with Crippen molar-refractivity contribution in [2.75, 3.05) is 31.6 Å². The van der Waals surface area contributed by atoms with Crippen LogP contribution >= 0.6 is 11.8 Å². The van der Waals surface area contributed by atoms with E-state index in [2.05, 4.69) is 20.5 Å². The normalized spacial score (nSPS) is 20.3. The van der Waals surface area contributed by atoms with E-state index >= 15 is 0 Å². The largest absolute Gasteiger partial charge is 0.355 e. The van der Waals surface area contributed by atoms with Crippen molar-refractivity contribution in [3.05, 3.63) is 6.33 Å². The number of carbonyl (C=O) groups is 1. The average molecular weight is 333 g/mol. The van der Waals surface area contributed by atoms with E-state index in [9.17, 15) is 13.2 Å². The zero-order chi connectivity index (χ0) is 15.3. The van der Waals surface area contributed by atoms with Gasteiger partial charge < -0.3 is 5.32 Å². The minimum absolute atomic E-state index is 0.0819. The summed E-state index contributed by atoms with van der Waals surface area (Å²) < 4.78 is 24.4. The maximum atomic E-state index is 12.1. The Hall–Kier alpha value is -1.13. The molecular weight excluding hydrogens is 314 g/mol. The number of aromatic nitrogens is 3. The lowest BCUT2D eigenvalue weighted by Gasteiger charge is -2.30. The molecule has 21 heavy (non-hydrogen) atoms. The summed E-state index contributed by atoms with van der Waals surface area (Å²) in [7, 11) is -3.22. The highest BCUT2D eigenvalue weighted by molar-refractivity contribution is 7.99. The molecule has 118 valence electrons. The van der Waals surface area contributed by atoms with Crippen LogP contribution in [0.25, 0.3) is 0 Å². The number of hydrogen-bond donors (Lipinski definition) is 2. The SMILES string of the molecule is CS(=O)(=O)N1CCC[C@@H](C(=O)NCCSc2ncn[nH]2)C1. The van der Waals surface area contributed by atoms with Crippen LogP contribution in [0.1, 0.15) is 12.8 Å². The molecule has 0 saturated carbocycles. The summed E-state index contributed by atoms with van der Waals surface area (Å²) in [6.45, 7) is 1.30. The molecule has 2 rings (SSSR count). The molecule has 1 aromatic heterocycles. The van der Waals surface area contributed by atoms with Gasteiger partial charge in [-0.25, -0.2) is 17.7 Å². The maximum absolute atomic E-state index is 12.1. The number of aromatic amines is 1. The van der Waals surface area contributed by atoms with Gasteiger partial charge in [0.2, 0.25) is 15.9 Å². The van der Waals surface area contributed by atoms with Crippen LogP contribution in [0.15, 0.2) is 11.5 Å². The van der Waals surface area contributed by atoms with Crippen LogP contribution in [-0.4, -0.2) is 65.5 Å². The first kappa shape index (κ1) is 16.2. The summed E-state index contributed by atoms with van der Waals surface area (Å²) in [5.41, 5.74) is 0. The zero-order valence-corrected chi connectivity index (χ0v) is 13.4. The van der Waals surface area contributed by atoms with Gasteiger partial charge in [-0.3, -0.25) is 9.89 Å². The first-order valence-corrected chi connectivity index (χ1v) is 9.51. The Labute approximate surface area is 128 Å². The van der Waals surface area contributed by atoms with Crippen molar-refractivity contribution >= 4 is 27.7 Å². The molecule has 0 bridgehead atoms. The van der Waals surface area contributed by atoms with Gasteiger partial charge in [-0.15, -0.1) is 0 Å². The van der Waals surface area contributed by atoms with Gasteiger partial charge in [0.05, 0.1) is 12.2 Å². The van der Waals surface area contributed by atoms with Crippen molar-refractivity contribution in [3.8, 4) is 0 Å². The van der Waals surface area contributed by atoms with Crippen molar-refractivity contribution < 1.29 is 13.2 Å². The smallest absolute Gasteiger partial charge is 0.224 e. The molecule has 1 aliphatic heterocycles. The van der Waals surface area contributed by atoms with Gasteiger partial charge in [-0.1, -0.05) is 11.8 Å². The summed E-state index contributed by atoms with van der Waals surface area (Å²) in [5.74, 6) is 0.342. The number of hydrogen-bond acceptors (Lipinski definition) is 6. The third-order valence-electron chi connectivity index (χ3n) is 3.26. The highest BCUT2D eigenvalue weighted by atomic mass is 32.2. The Kier molecular flexibility index (Phi) is 5.59. The molecule has 0 radical (unpaired) electrons. The number of thioether (sulfide) groups is 1. The van der Waals surface area contributed by atoms with E-state index in [0.717, 1.165) is 12.8 Å². The van der Waals surface area contributed by atoms with Crippen molar-refractivity contribution in [2.45, 2.75) is 18.0 Å². The van der Waals surface area contributed by atoms with E-state index in [0.29, 0.717) is 24.0 Å². The van der Waals surface area contributed by atoms with Gasteiger partial charge >= 0.3 is 0 Å². The van der Waals surface area contributed by atoms with E-state index in [1.54, 1.807) is 0 Å². The molecule has 2 N–H and O–H groups in total. The van der Waals surface area contributed by atoms with Crippen molar-refractivity contribution in [2.24, 2.45) is 5.92 Å². The molecule has 1 atom stereocenters. The molecule has 10 heteroatoms. The highest BCUT2D eigenvalue weighted by Gasteiger charge is 2.29. The zero-order valence-electron chi connectivity index (χ0n) is 11.8. The minimum Gasteiger partial charge on any atom is -0.355 e. The topological polar surface area (TPSA) is 108 Å². The Morgan fingerprint density at radius 3 is 3.10 bits per heavy atom. The monoisotopic (exact) mass is 333 g/mol. The first-order chi connectivity index (χ1) is 9.97. The van der Waals surface area contributed by atoms with Crippen LogP contribution in [0, 0.1) is 5.92 Å². The summed E-state index contributed by atoms with van der Waals surface area (Å²) in [5, 5.41) is 10.0. The molecule has 0 aromatic carbocycles. The van der Waals surface area contributed by atoms with E-state index in [1.807, 2.05) is 0 Å². The number of sulfonamides is 1. The second-order valence-electron chi connectivity index (χ2n) is 4.89. The molecular formula is C11H19N5O3S2. The number of amides is 1. The number of piperidine rings is 1. The predicted molar refractivity (Wildman–Crippen MR) is 79.3 cm³/mol. The Balaban J connectivity index is 1.72. The second kappa shape index (κ2) is 7.23. The number of H-pyrrole nitrogens is 1. The van der Waals surface area contributed by atoms with Gasteiger partial charge in [0.15, 0.2) is 5.16 Å². The number of carbonyl (C=O) groups excluding carboxylic acids is 1. The lowest BCUT2D eigenvalue weighted by Crippen LogP contribution is -2.45. The van der Waals surface area contributed by atoms with E-state index in [4.69, 9.17) is 0 Å². The average Bonchev–Trinajstić information content (AvgIpc) is 2.96. The summed E-state index contributed by atoms with van der Waals surface area (Å²) in [6, 6.07) is 0. The van der Waals surface area contributed by atoms with Gasteiger partial charge in [-0.2, -0.15) is 5.10 Å². The number of nitrogens with one attached hydrogen (secondary N) is 2. The van der Waals surface area contributed by atoms with Crippen LogP contribution in [0.5, 0.6) is 0 Å². The Bertz CT molecular complexity index is 560. The molecule has 1 aromatic rings. The van der Waals surface area contributed by atoms with E-state index in [-0.39, 0.29) is 18.4 Å². The molecule has 1 fully saturated rings. The lowest BCUT2D eigenvalue weighted by atomic mass is 9.99. The summed E-state index contributed by atoms with van der Waals surface area (Å²) in [4.78, 5) is 16.0. The van der Waals surface area contributed by atoms with Crippen LogP contribution in [0.2, 0.25) is 0 Å². The molecule has 2 heterocycles. The van der Waals surface area contributed by atoms with E-state index in [1.165, 1.54) is 28.7 Å². The molecule has 8 nitrogen and oxygen atoms in total. The summed E-state index contributed by atoms with van der Waals surface area (Å²) in [6.07, 6.45) is 4.06. The van der Waals surface area contributed by atoms with Crippen molar-refractivity contribution in [1.82, 2.24) is 24.8 Å². The molecule has 1 saturated heterocycles. The minimum atomic E-state index is -3.22. The van der Waals surface area contributed by atoms with Crippen LogP contribution < -0.4 is 5.32 Å². The van der Waals surface area contributed by atoms with Gasteiger partial charge in [0.25, 0.3) is 0 Å². The van der Waals surface area contributed by atoms with Gasteiger partial charge in [-0.05, 0) is 12.8 Å². The Morgan fingerprint density at radius 1 is 1.62 bits per heavy atom. The fraction of sp³-hybridized carbons (Fsp3) is 0.727. The third-order valence-corrected chi connectivity index (χ3v) is 5.40. The first-order valence-electron chi connectivity index (χ1n) is 6.68. The summed E-state index contributed by atoms with van der Waals surface area (Å²) >= 11 is 1.47. The second-order valence-corrected chi connectivity index (χ2v) is 7.96. The lowest BCUT2D eigenvalue weighted by molar-refractivity contribution is -0.125. The van der Waals surface area contributed by atoms with Crippen LogP contribution in [0.3, 0.4) is 0 Å². The molecule has 0 unspecified atom stereocenters. The molecule has 1 amide bonds. The standard InChI is InChI=1S/C11H19N5O3S2/c1-21(18,19)16-5-2-3-9(7-16)10(17)12-4-6-20-11-13-8-14-15-11/h8-9H,2-7H2,1H3,(H,12,17)(H,13,14,15)/t9-/m1/s1. The van der Waals surface area contributed by atoms with Crippen LogP contribution in [0.4, 0.5) is 0 Å². The molecule has 1 aliphatic rings. The van der Waals surface area contributed by atoms with Crippen LogP contribution in [-0.2, 0) is 14.8 Å². The van der Waals surface area contributed by atoms with E-state index < -0.39 is 10.0 Å². The highest BCUT2D eigenvalue weighted by Crippen LogP contribution is 2.18. The van der Waals surface area contributed by atoms with Gasteiger partial charge in [0, 0.05) is 25.4 Å². The Morgan fingerprint density at radius 2 is 2.43 bits per heavy atom. The fourth-order valence-corrected chi connectivity index (χ4v) is 3.74. The number of nitrogens with zero attached hydrogens (tertiary/aromatic N) is 3. The van der Waals surface area contributed by atoms with Crippen molar-refractivity contribution in [1.29, 1.82) is 0 Å². The molecule has 0 aliphatic carbocycles. The quantitative estimate of drug-likeness (QED) is 0.546. The van der Waals surface area contributed by atoms with Crippen molar-refractivity contribution in [3.63, 3.8) is 0 Å². The maximum Gasteiger partial charge on any atom is 0.224 e.